The van der Waals surface area contributed by atoms with E-state index in [9.17, 15) is 54.0 Å². The first-order valence-electron chi connectivity index (χ1n) is 17.2. The first-order valence-corrected chi connectivity index (χ1v) is 17.2. The van der Waals surface area contributed by atoms with E-state index in [0.29, 0.717) is 56.5 Å². The van der Waals surface area contributed by atoms with E-state index in [1.54, 1.807) is 21.5 Å². The number of hydrogen-bond acceptors (Lipinski definition) is 8. The molecule has 0 aliphatic carbocycles. The third-order valence-electron chi connectivity index (χ3n) is 9.01. The summed E-state index contributed by atoms with van der Waals surface area (Å²) in [5.74, 6) is -4.77. The van der Waals surface area contributed by atoms with Gasteiger partial charge in [0.25, 0.3) is 0 Å². The van der Waals surface area contributed by atoms with E-state index in [-0.39, 0.29) is 52.2 Å². The topological polar surface area (TPSA) is 300 Å². The number of carbonyl (C=O) groups excluding carboxylic acids is 2. The fourth-order valence-electron chi connectivity index (χ4n) is 6.20. The number of urea groups is 1. The molecule has 0 saturated heterocycles. The molecule has 1 aliphatic heterocycles. The zero-order valence-electron chi connectivity index (χ0n) is 29.6. The summed E-state index contributed by atoms with van der Waals surface area (Å²) in [6, 6.07) is -4.74. The number of fused-ring (bicyclic) bond motifs is 2. The maximum absolute atomic E-state index is 12.7. The first-order chi connectivity index (χ1) is 25.0. The molecule has 300 valence electrons. The number of aliphatic carboxylic acids is 5. The van der Waals surface area contributed by atoms with Crippen LogP contribution in [0.1, 0.15) is 70.4 Å². The van der Waals surface area contributed by atoms with Crippen LogP contribution in [-0.2, 0) is 61.6 Å². The second-order valence-electron chi connectivity index (χ2n) is 13.4. The van der Waals surface area contributed by atoms with Crippen LogP contribution >= 0.6 is 0 Å². The number of carbonyl (C=O) groups is 7. The van der Waals surface area contributed by atoms with E-state index >= 15 is 0 Å². The highest BCUT2D eigenvalue weighted by Crippen LogP contribution is 2.19. The Balaban J connectivity index is 0.0000101. The second kappa shape index (κ2) is 20.6. The molecule has 2 aromatic heterocycles. The molecule has 3 rings (SSSR count). The summed E-state index contributed by atoms with van der Waals surface area (Å²) in [5.41, 5.74) is 6.15. The van der Waals surface area contributed by atoms with Gasteiger partial charge in [-0.3, -0.25) is 9.59 Å². The molecule has 0 spiro atoms. The molecule has 2 unspecified atom stereocenters. The van der Waals surface area contributed by atoms with Gasteiger partial charge in [0, 0.05) is 13.0 Å². The number of carboxylic acid groups (broad SMARTS) is 5. The lowest BCUT2D eigenvalue weighted by Gasteiger charge is -2.33. The minimum Gasteiger partial charge on any atom is -0.481 e. The summed E-state index contributed by atoms with van der Waals surface area (Å²) in [7, 11) is 2.02. The third kappa shape index (κ3) is 13.8. The van der Waals surface area contributed by atoms with E-state index < -0.39 is 60.4 Å². The van der Waals surface area contributed by atoms with Gasteiger partial charge < -0.3 is 51.7 Å². The molecule has 21 heteroatoms. The van der Waals surface area contributed by atoms with Gasteiger partial charge >= 0.3 is 47.5 Å². The molecule has 2 aromatic rings. The molecule has 3 heterocycles. The number of nitrogens with zero attached hydrogens (tertiary/aromatic N) is 5. The van der Waals surface area contributed by atoms with Crippen LogP contribution in [0.15, 0.2) is 24.8 Å². The standard InChI is InChI=1S/C32H47N9O12.CH4/c1-41(18-24-37(16-27(44)45)11-13-39(24)20-40-14-12-38(17-28(46)47)25(40)19-41)15-5-3-6-21(33)29(48)34-10-4-2-7-22(30(49)50)35-32(53)36-23(31(51)52)8-9-26(42)43;/h11-14,21-23H,2-10,15-20,33H2,1H3,(H5-3,34,35,36,42,43,44,45,46,47,48,49,50,51,52,53);1H4/p+3/t21-,22?,23?;/m0./s1. The SMILES string of the molecule is C.C[N+]1(CCCC[C@H](N)C(=O)NCCCCC(NC(=O)NC(CCC(=O)O)C(=O)O)C(=O)O)Cc2n(CC(=O)O)cc[n+]2C[n+]2ccn(CC(=O)O)c2C1. The van der Waals surface area contributed by atoms with Gasteiger partial charge in [0.15, 0.2) is 26.2 Å². The van der Waals surface area contributed by atoms with Crippen molar-refractivity contribution in [2.75, 3.05) is 20.1 Å². The molecule has 0 bridgehead atoms. The van der Waals surface area contributed by atoms with Gasteiger partial charge in [-0.15, -0.1) is 0 Å². The Morgan fingerprint density at radius 2 is 1.26 bits per heavy atom. The molecule has 0 radical (unpaired) electrons. The number of unbranched alkanes of at least 4 members (excludes halogenated alkanes) is 2. The largest absolute Gasteiger partial charge is 0.481 e. The Morgan fingerprint density at radius 3 is 1.74 bits per heavy atom. The van der Waals surface area contributed by atoms with E-state index in [0.717, 1.165) is 11.6 Å². The van der Waals surface area contributed by atoms with Crippen molar-refractivity contribution in [3.8, 4) is 0 Å². The minimum atomic E-state index is -1.51. The summed E-state index contributed by atoms with van der Waals surface area (Å²) in [5, 5.41) is 53.3. The maximum Gasteiger partial charge on any atom is 0.346 e. The van der Waals surface area contributed by atoms with Crippen LogP contribution in [0.5, 0.6) is 0 Å². The molecule has 0 aromatic carbocycles. The summed E-state index contributed by atoms with van der Waals surface area (Å²) in [4.78, 5) is 81.6. The summed E-state index contributed by atoms with van der Waals surface area (Å²) in [6.45, 7) is 1.76. The van der Waals surface area contributed by atoms with Crippen LogP contribution < -0.4 is 30.8 Å². The fourth-order valence-corrected chi connectivity index (χ4v) is 6.20. The highest BCUT2D eigenvalue weighted by Gasteiger charge is 2.39. The van der Waals surface area contributed by atoms with E-state index in [1.807, 2.05) is 28.6 Å². The number of carboxylic acids is 5. The maximum atomic E-state index is 12.7. The van der Waals surface area contributed by atoms with E-state index in [4.69, 9.17) is 10.8 Å². The Bertz CT molecular complexity index is 1590. The normalized spacial score (nSPS) is 14.7. The van der Waals surface area contributed by atoms with E-state index in [1.165, 1.54) is 0 Å². The van der Waals surface area contributed by atoms with Crippen LogP contribution in [-0.4, -0.2) is 119 Å². The lowest BCUT2D eigenvalue weighted by molar-refractivity contribution is -0.989. The number of nitrogens with one attached hydrogen (secondary N) is 3. The summed E-state index contributed by atoms with van der Waals surface area (Å²) < 4.78 is 7.72. The fraction of sp³-hybridized carbons (Fsp3) is 0.606. The molecule has 21 nitrogen and oxygen atoms in total. The molecule has 10 N–H and O–H groups in total. The van der Waals surface area contributed by atoms with Crippen molar-refractivity contribution in [3.05, 3.63) is 36.4 Å². The van der Waals surface area contributed by atoms with Crippen molar-refractivity contribution in [2.24, 2.45) is 5.73 Å². The third-order valence-corrected chi connectivity index (χ3v) is 9.01. The van der Waals surface area contributed by atoms with Crippen LogP contribution in [0.3, 0.4) is 0 Å². The second-order valence-corrected chi connectivity index (χ2v) is 13.4. The predicted molar refractivity (Wildman–Crippen MR) is 185 cm³/mol. The highest BCUT2D eigenvalue weighted by atomic mass is 16.4. The van der Waals surface area contributed by atoms with Gasteiger partial charge in [0.2, 0.25) is 12.6 Å². The summed E-state index contributed by atoms with van der Waals surface area (Å²) in [6.07, 6.45) is 8.45. The van der Waals surface area contributed by atoms with Gasteiger partial charge in [0.05, 0.1) is 19.6 Å². The van der Waals surface area contributed by atoms with Crippen LogP contribution in [0, 0.1) is 0 Å². The van der Waals surface area contributed by atoms with Gasteiger partial charge in [-0.25, -0.2) is 33.1 Å². The van der Waals surface area contributed by atoms with E-state index in [2.05, 4.69) is 16.0 Å². The lowest BCUT2D eigenvalue weighted by Crippen LogP contribution is -2.61. The molecule has 54 heavy (non-hydrogen) atoms. The molecule has 0 saturated carbocycles. The van der Waals surface area contributed by atoms with Crippen molar-refractivity contribution in [2.45, 2.75) is 110 Å². The Morgan fingerprint density at radius 1 is 0.759 bits per heavy atom. The molecule has 3 atom stereocenters. The predicted octanol–water partition coefficient (Wildman–Crippen LogP) is -1.51. The Labute approximate surface area is 311 Å². The number of amides is 3. The van der Waals surface area contributed by atoms with Crippen molar-refractivity contribution < 1.29 is 72.7 Å². The number of nitrogens with two attached hydrogens (primary N) is 1. The number of imidazole rings is 2. The number of hydrogen-bond donors (Lipinski definition) is 9. The highest BCUT2D eigenvalue weighted by molar-refractivity contribution is 5.86. The molecular weight excluding hydrogens is 714 g/mol. The van der Waals surface area contributed by atoms with Crippen molar-refractivity contribution in [1.29, 1.82) is 0 Å². The quantitative estimate of drug-likeness (QED) is 0.0375. The Kier molecular flexibility index (Phi) is 17.0. The van der Waals surface area contributed by atoms with Crippen LogP contribution in [0.4, 0.5) is 4.79 Å². The van der Waals surface area contributed by atoms with Gasteiger partial charge in [-0.05, 0) is 44.9 Å². The molecule has 0 fully saturated rings. The number of rotatable bonds is 22. The molecular formula is C33H54N9O12+3. The van der Waals surface area contributed by atoms with Gasteiger partial charge in [0.1, 0.15) is 36.9 Å². The van der Waals surface area contributed by atoms with Crippen molar-refractivity contribution in [1.82, 2.24) is 25.1 Å². The summed E-state index contributed by atoms with van der Waals surface area (Å²) >= 11 is 0. The minimum absolute atomic E-state index is 0. The monoisotopic (exact) mass is 768 g/mol. The Hall–Kier alpha value is -5.57. The van der Waals surface area contributed by atoms with Crippen LogP contribution in [0.25, 0.3) is 0 Å². The number of quaternary nitrogens is 1. The molecule has 1 aliphatic rings. The average Bonchev–Trinajstić information content (AvgIpc) is 3.59. The van der Waals surface area contributed by atoms with Crippen molar-refractivity contribution in [3.63, 3.8) is 0 Å². The van der Waals surface area contributed by atoms with Gasteiger partial charge in [-0.2, -0.15) is 9.13 Å². The smallest absolute Gasteiger partial charge is 0.346 e. The zero-order chi connectivity index (χ0) is 39.3. The average molecular weight is 769 g/mol. The first kappa shape index (κ1) is 44.6. The van der Waals surface area contributed by atoms with Crippen molar-refractivity contribution >= 4 is 41.8 Å². The lowest BCUT2D eigenvalue weighted by atomic mass is 10.1. The number of aromatic nitrogens is 4. The molecule has 3 amide bonds. The zero-order valence-corrected chi connectivity index (χ0v) is 29.6. The van der Waals surface area contributed by atoms with Gasteiger partial charge in [-0.1, -0.05) is 7.43 Å². The van der Waals surface area contributed by atoms with Crippen LogP contribution in [0.2, 0.25) is 0 Å².